The van der Waals surface area contributed by atoms with Gasteiger partial charge in [-0.15, -0.1) is 12.4 Å². The molecule has 0 aromatic heterocycles. The largest absolute Gasteiger partial charge is 0.368 e. The summed E-state index contributed by atoms with van der Waals surface area (Å²) in [6.45, 7) is 2.58. The monoisotopic (exact) mass is 433 g/mol. The molecule has 25 heavy (non-hydrogen) atoms. The van der Waals surface area contributed by atoms with Crippen LogP contribution in [0.3, 0.4) is 0 Å². The minimum absolute atomic E-state index is 0. The molecule has 1 heterocycles. The lowest BCUT2D eigenvalue weighted by Crippen LogP contribution is -2.54. The van der Waals surface area contributed by atoms with Crippen LogP contribution in [-0.2, 0) is 9.53 Å². The molecule has 140 valence electrons. The molecule has 1 aromatic rings. The average Bonchev–Trinajstić information content (AvgIpc) is 2.61. The fraction of sp³-hybridized carbons (Fsp3) is 0.529. The third kappa shape index (κ3) is 6.26. The normalized spacial score (nSPS) is 15.8. The lowest BCUT2D eigenvalue weighted by molar-refractivity contribution is -0.146. The predicted octanol–water partition coefficient (Wildman–Crippen LogP) is 1.88. The number of amides is 2. The van der Waals surface area contributed by atoms with E-state index >= 15 is 0 Å². The molecule has 0 radical (unpaired) electrons. The van der Waals surface area contributed by atoms with Crippen LogP contribution in [0.4, 0.5) is 0 Å². The SMILES string of the molecule is COC1(C(=O)NCCCNC(=O)c2cccc(Br)c2)CCNCC1.Cl. The number of hydrogen-bond donors (Lipinski definition) is 3. The van der Waals surface area contributed by atoms with Crippen LogP contribution in [0.1, 0.15) is 29.6 Å². The van der Waals surface area contributed by atoms with Crippen molar-refractivity contribution in [1.82, 2.24) is 16.0 Å². The fourth-order valence-electron chi connectivity index (χ4n) is 2.74. The molecular weight excluding hydrogens is 410 g/mol. The average molecular weight is 435 g/mol. The van der Waals surface area contributed by atoms with Crippen LogP contribution in [0.2, 0.25) is 0 Å². The Balaban J connectivity index is 0.00000312. The van der Waals surface area contributed by atoms with E-state index in [0.29, 0.717) is 37.9 Å². The second-order valence-corrected chi connectivity index (χ2v) is 6.74. The Labute approximate surface area is 163 Å². The van der Waals surface area contributed by atoms with Crippen LogP contribution >= 0.6 is 28.3 Å². The third-order valence-electron chi connectivity index (χ3n) is 4.23. The summed E-state index contributed by atoms with van der Waals surface area (Å²) in [6.07, 6.45) is 2.02. The highest BCUT2D eigenvalue weighted by Gasteiger charge is 2.39. The highest BCUT2D eigenvalue weighted by atomic mass is 79.9. The Morgan fingerprint density at radius 3 is 2.56 bits per heavy atom. The smallest absolute Gasteiger partial charge is 0.252 e. The molecule has 0 saturated carbocycles. The maximum atomic E-state index is 12.4. The number of halogens is 2. The molecule has 0 aliphatic carbocycles. The summed E-state index contributed by atoms with van der Waals surface area (Å²) in [5.74, 6) is -0.181. The molecule has 8 heteroatoms. The first kappa shape index (κ1) is 21.9. The van der Waals surface area contributed by atoms with E-state index in [9.17, 15) is 9.59 Å². The highest BCUT2D eigenvalue weighted by molar-refractivity contribution is 9.10. The van der Waals surface area contributed by atoms with E-state index < -0.39 is 5.60 Å². The van der Waals surface area contributed by atoms with Crippen molar-refractivity contribution < 1.29 is 14.3 Å². The van der Waals surface area contributed by atoms with Crippen molar-refractivity contribution in [1.29, 1.82) is 0 Å². The van der Waals surface area contributed by atoms with E-state index in [-0.39, 0.29) is 24.2 Å². The molecule has 1 aliphatic heterocycles. The fourth-order valence-corrected chi connectivity index (χ4v) is 3.14. The number of rotatable bonds is 7. The van der Waals surface area contributed by atoms with Crippen molar-refractivity contribution in [3.8, 4) is 0 Å². The summed E-state index contributed by atoms with van der Waals surface area (Å²) in [5, 5.41) is 8.99. The second-order valence-electron chi connectivity index (χ2n) is 5.82. The zero-order valence-electron chi connectivity index (χ0n) is 14.3. The van der Waals surface area contributed by atoms with Gasteiger partial charge in [-0.2, -0.15) is 0 Å². The van der Waals surface area contributed by atoms with E-state index in [0.717, 1.165) is 17.6 Å². The molecule has 2 amide bonds. The van der Waals surface area contributed by atoms with E-state index in [1.165, 1.54) is 0 Å². The van der Waals surface area contributed by atoms with Crippen molar-refractivity contribution in [3.63, 3.8) is 0 Å². The minimum atomic E-state index is -0.717. The quantitative estimate of drug-likeness (QED) is 0.573. The maximum Gasteiger partial charge on any atom is 0.252 e. The van der Waals surface area contributed by atoms with E-state index in [2.05, 4.69) is 31.9 Å². The number of carbonyl (C=O) groups excluding carboxylic acids is 2. The van der Waals surface area contributed by atoms with Crippen LogP contribution in [-0.4, -0.2) is 50.7 Å². The Bertz CT molecular complexity index is 580. The summed E-state index contributed by atoms with van der Waals surface area (Å²) in [7, 11) is 1.59. The Morgan fingerprint density at radius 1 is 1.24 bits per heavy atom. The lowest BCUT2D eigenvalue weighted by atomic mass is 9.91. The Hall–Kier alpha value is -1.15. The molecule has 6 nitrogen and oxygen atoms in total. The molecule has 0 unspecified atom stereocenters. The number of piperidine rings is 1. The van der Waals surface area contributed by atoms with Gasteiger partial charge in [-0.3, -0.25) is 9.59 Å². The van der Waals surface area contributed by atoms with E-state index in [1.807, 2.05) is 12.1 Å². The van der Waals surface area contributed by atoms with Crippen molar-refractivity contribution in [3.05, 3.63) is 34.3 Å². The van der Waals surface area contributed by atoms with Gasteiger partial charge in [0.2, 0.25) is 0 Å². The molecule has 1 saturated heterocycles. The van der Waals surface area contributed by atoms with Gasteiger partial charge in [-0.25, -0.2) is 0 Å². The van der Waals surface area contributed by atoms with Gasteiger partial charge in [-0.1, -0.05) is 22.0 Å². The summed E-state index contributed by atoms with van der Waals surface area (Å²) < 4.78 is 6.35. The van der Waals surface area contributed by atoms with E-state index in [4.69, 9.17) is 4.74 Å². The lowest BCUT2D eigenvalue weighted by Gasteiger charge is -2.34. The zero-order chi connectivity index (χ0) is 17.4. The molecule has 3 N–H and O–H groups in total. The topological polar surface area (TPSA) is 79.5 Å². The molecule has 1 fully saturated rings. The van der Waals surface area contributed by atoms with Gasteiger partial charge in [0.05, 0.1) is 0 Å². The van der Waals surface area contributed by atoms with Gasteiger partial charge in [0.1, 0.15) is 5.60 Å². The number of methoxy groups -OCH3 is 1. The number of ether oxygens (including phenoxy) is 1. The van der Waals surface area contributed by atoms with Gasteiger partial charge < -0.3 is 20.7 Å². The minimum Gasteiger partial charge on any atom is -0.368 e. The summed E-state index contributed by atoms with van der Waals surface area (Å²) in [5.41, 5.74) is -0.105. The first-order chi connectivity index (χ1) is 11.6. The summed E-state index contributed by atoms with van der Waals surface area (Å²) in [6, 6.07) is 7.24. The van der Waals surface area contributed by atoms with Gasteiger partial charge in [0.15, 0.2) is 0 Å². The zero-order valence-corrected chi connectivity index (χ0v) is 16.7. The first-order valence-electron chi connectivity index (χ1n) is 8.15. The van der Waals surface area contributed by atoms with Crippen LogP contribution in [0.5, 0.6) is 0 Å². The third-order valence-corrected chi connectivity index (χ3v) is 4.72. The number of benzene rings is 1. The van der Waals surface area contributed by atoms with Crippen molar-refractivity contribution in [2.75, 3.05) is 33.3 Å². The number of nitrogens with one attached hydrogen (secondary N) is 3. The number of hydrogen-bond acceptors (Lipinski definition) is 4. The van der Waals surface area contributed by atoms with Crippen LogP contribution in [0.25, 0.3) is 0 Å². The van der Waals surface area contributed by atoms with Crippen LogP contribution in [0.15, 0.2) is 28.7 Å². The molecule has 2 rings (SSSR count). The molecule has 0 atom stereocenters. The second kappa shape index (κ2) is 10.8. The van der Waals surface area contributed by atoms with Gasteiger partial charge in [0.25, 0.3) is 11.8 Å². The van der Waals surface area contributed by atoms with E-state index in [1.54, 1.807) is 19.2 Å². The first-order valence-corrected chi connectivity index (χ1v) is 8.95. The summed E-state index contributed by atoms with van der Waals surface area (Å²) >= 11 is 3.35. The van der Waals surface area contributed by atoms with Gasteiger partial charge in [0, 0.05) is 30.2 Å². The number of carbonyl (C=O) groups is 2. The van der Waals surface area contributed by atoms with Crippen molar-refractivity contribution in [2.45, 2.75) is 24.9 Å². The molecule has 0 bridgehead atoms. The standard InChI is InChI=1S/C17H24BrN3O3.ClH/c1-24-17(6-10-19-11-7-17)16(23)21-9-3-8-20-15(22)13-4-2-5-14(18)12-13;/h2,4-5,12,19H,3,6-11H2,1H3,(H,20,22)(H,21,23);1H. The Morgan fingerprint density at radius 2 is 1.92 bits per heavy atom. The van der Waals surface area contributed by atoms with Crippen LogP contribution in [0, 0.1) is 0 Å². The van der Waals surface area contributed by atoms with Gasteiger partial charge in [-0.05, 0) is 50.6 Å². The van der Waals surface area contributed by atoms with Crippen LogP contribution < -0.4 is 16.0 Å². The Kier molecular flexibility index (Phi) is 9.42. The van der Waals surface area contributed by atoms with Gasteiger partial charge >= 0.3 is 0 Å². The summed E-state index contributed by atoms with van der Waals surface area (Å²) in [4.78, 5) is 24.3. The highest BCUT2D eigenvalue weighted by Crippen LogP contribution is 2.22. The molecule has 0 spiro atoms. The molecular formula is C17H25BrClN3O3. The van der Waals surface area contributed by atoms with Crippen molar-refractivity contribution >= 4 is 40.2 Å². The molecule has 1 aromatic carbocycles. The predicted molar refractivity (Wildman–Crippen MR) is 103 cm³/mol. The molecule has 1 aliphatic rings. The maximum absolute atomic E-state index is 12.4. The van der Waals surface area contributed by atoms with Crippen molar-refractivity contribution in [2.24, 2.45) is 0 Å².